The molecular weight excluding hydrogens is 299 g/mol. The van der Waals surface area contributed by atoms with E-state index in [-0.39, 0.29) is 0 Å². The van der Waals surface area contributed by atoms with Gasteiger partial charge in [-0.05, 0) is 30.7 Å². The van der Waals surface area contributed by atoms with Gasteiger partial charge in [0, 0.05) is 12.1 Å². The third kappa shape index (κ3) is 3.68. The first-order chi connectivity index (χ1) is 9.60. The molecule has 104 valence electrons. The van der Waals surface area contributed by atoms with Crippen molar-refractivity contribution < 1.29 is 9.53 Å². The minimum atomic E-state index is -0.430. The fraction of sp³-hybridized carbons (Fsp3) is 0.214. The summed E-state index contributed by atoms with van der Waals surface area (Å²) in [7, 11) is 0. The Morgan fingerprint density at radius 2 is 2.05 bits per heavy atom. The maximum Gasteiger partial charge on any atom is 0.339 e. The number of esters is 1. The molecule has 0 saturated heterocycles. The molecule has 0 radical (unpaired) electrons. The second-order valence-corrected chi connectivity index (χ2v) is 4.84. The van der Waals surface area contributed by atoms with E-state index in [4.69, 9.17) is 27.9 Å². The lowest BCUT2D eigenvalue weighted by molar-refractivity contribution is 0.0526. The fourth-order valence-corrected chi connectivity index (χ4v) is 2.09. The average Bonchev–Trinajstić information content (AvgIpc) is 2.41. The molecule has 4 nitrogen and oxygen atoms in total. The standard InChI is InChI=1S/C14H12Cl2N2O2/c1-2-20-14(19)11-6-9(3-4-12(11)15)5-10-7-13(16)18-8-17-10/h3-4,6-8H,2,5H2,1H3. The van der Waals surface area contributed by atoms with Gasteiger partial charge in [0.2, 0.25) is 0 Å². The topological polar surface area (TPSA) is 52.1 Å². The molecule has 1 aromatic heterocycles. The number of carbonyl (C=O) groups excluding carboxylic acids is 1. The SMILES string of the molecule is CCOC(=O)c1cc(Cc2cc(Cl)ncn2)ccc1Cl. The van der Waals surface area contributed by atoms with Gasteiger partial charge >= 0.3 is 5.97 Å². The van der Waals surface area contributed by atoms with Crippen LogP contribution in [0.3, 0.4) is 0 Å². The molecule has 0 N–H and O–H groups in total. The Morgan fingerprint density at radius 1 is 1.25 bits per heavy atom. The smallest absolute Gasteiger partial charge is 0.339 e. The van der Waals surface area contributed by atoms with Crippen LogP contribution in [-0.2, 0) is 11.2 Å². The van der Waals surface area contributed by atoms with Gasteiger partial charge in [-0.2, -0.15) is 0 Å². The van der Waals surface area contributed by atoms with Crippen LogP contribution in [0.5, 0.6) is 0 Å². The summed E-state index contributed by atoms with van der Waals surface area (Å²) >= 11 is 11.8. The Labute approximate surface area is 126 Å². The van der Waals surface area contributed by atoms with E-state index < -0.39 is 5.97 Å². The van der Waals surface area contributed by atoms with E-state index in [1.165, 1.54) is 6.33 Å². The van der Waals surface area contributed by atoms with E-state index in [9.17, 15) is 4.79 Å². The highest BCUT2D eigenvalue weighted by Crippen LogP contribution is 2.20. The van der Waals surface area contributed by atoms with Gasteiger partial charge < -0.3 is 4.74 Å². The number of nitrogens with zero attached hydrogens (tertiary/aromatic N) is 2. The molecule has 0 spiro atoms. The molecule has 1 aromatic carbocycles. The molecule has 0 aliphatic carbocycles. The predicted molar refractivity (Wildman–Crippen MR) is 77.3 cm³/mol. The van der Waals surface area contributed by atoms with Crippen molar-refractivity contribution in [1.29, 1.82) is 0 Å². The number of rotatable bonds is 4. The number of halogens is 2. The van der Waals surface area contributed by atoms with Crippen molar-refractivity contribution in [2.75, 3.05) is 6.61 Å². The summed E-state index contributed by atoms with van der Waals surface area (Å²) in [6.45, 7) is 2.06. The molecule has 0 aliphatic rings. The summed E-state index contributed by atoms with van der Waals surface area (Å²) in [6.07, 6.45) is 1.94. The van der Waals surface area contributed by atoms with Gasteiger partial charge in [0.15, 0.2) is 0 Å². The van der Waals surface area contributed by atoms with Crippen molar-refractivity contribution >= 4 is 29.2 Å². The lowest BCUT2D eigenvalue weighted by Crippen LogP contribution is -2.06. The number of ether oxygens (including phenoxy) is 1. The van der Waals surface area contributed by atoms with Gasteiger partial charge in [0.1, 0.15) is 11.5 Å². The molecule has 0 unspecified atom stereocenters. The summed E-state index contributed by atoms with van der Waals surface area (Å²) in [4.78, 5) is 19.7. The zero-order chi connectivity index (χ0) is 14.5. The van der Waals surface area contributed by atoms with Crippen molar-refractivity contribution in [3.8, 4) is 0 Å². The number of aromatic nitrogens is 2. The number of benzene rings is 1. The van der Waals surface area contributed by atoms with Gasteiger partial charge in [0.25, 0.3) is 0 Å². The molecule has 1 heterocycles. The first-order valence-corrected chi connectivity index (χ1v) is 6.77. The Bertz CT molecular complexity index is 632. The van der Waals surface area contributed by atoms with E-state index in [2.05, 4.69) is 9.97 Å². The Hall–Kier alpha value is -1.65. The van der Waals surface area contributed by atoms with Gasteiger partial charge in [0.05, 0.1) is 17.2 Å². The van der Waals surface area contributed by atoms with Crippen molar-refractivity contribution in [3.63, 3.8) is 0 Å². The van der Waals surface area contributed by atoms with Crippen molar-refractivity contribution in [2.45, 2.75) is 13.3 Å². The van der Waals surface area contributed by atoms with E-state index in [0.29, 0.717) is 28.8 Å². The quantitative estimate of drug-likeness (QED) is 0.640. The fourth-order valence-electron chi connectivity index (χ4n) is 1.72. The molecule has 2 aromatic rings. The lowest BCUT2D eigenvalue weighted by atomic mass is 10.1. The number of hydrogen-bond acceptors (Lipinski definition) is 4. The second kappa shape index (κ2) is 6.68. The van der Waals surface area contributed by atoms with Gasteiger partial charge in [-0.15, -0.1) is 0 Å². The molecule has 0 aliphatic heterocycles. The minimum Gasteiger partial charge on any atom is -0.462 e. The molecule has 20 heavy (non-hydrogen) atoms. The maximum atomic E-state index is 11.8. The van der Waals surface area contributed by atoms with Crippen LogP contribution in [0, 0.1) is 0 Å². The largest absolute Gasteiger partial charge is 0.462 e. The van der Waals surface area contributed by atoms with Crippen LogP contribution in [0.2, 0.25) is 10.2 Å². The second-order valence-electron chi connectivity index (χ2n) is 4.04. The van der Waals surface area contributed by atoms with Crippen LogP contribution in [0.1, 0.15) is 28.5 Å². The summed E-state index contributed by atoms with van der Waals surface area (Å²) in [5, 5.41) is 0.752. The highest BCUT2D eigenvalue weighted by Gasteiger charge is 2.12. The zero-order valence-electron chi connectivity index (χ0n) is 10.8. The third-order valence-electron chi connectivity index (χ3n) is 2.60. The average molecular weight is 311 g/mol. The van der Waals surface area contributed by atoms with Crippen LogP contribution >= 0.6 is 23.2 Å². The summed E-state index contributed by atoms with van der Waals surface area (Å²) in [5.74, 6) is -0.430. The summed E-state index contributed by atoms with van der Waals surface area (Å²) in [6, 6.07) is 6.89. The third-order valence-corrected chi connectivity index (χ3v) is 3.14. The number of carbonyl (C=O) groups is 1. The Morgan fingerprint density at radius 3 is 2.75 bits per heavy atom. The molecule has 0 saturated carbocycles. The minimum absolute atomic E-state index is 0.306. The first kappa shape index (κ1) is 14.8. The van der Waals surface area contributed by atoms with Gasteiger partial charge in [-0.3, -0.25) is 0 Å². The monoisotopic (exact) mass is 310 g/mol. The van der Waals surface area contributed by atoms with Crippen LogP contribution in [0.25, 0.3) is 0 Å². The van der Waals surface area contributed by atoms with Crippen LogP contribution in [-0.4, -0.2) is 22.5 Å². The van der Waals surface area contributed by atoms with Crippen molar-refractivity contribution in [3.05, 3.63) is 57.6 Å². The highest BCUT2D eigenvalue weighted by molar-refractivity contribution is 6.33. The van der Waals surface area contributed by atoms with Crippen LogP contribution < -0.4 is 0 Å². The van der Waals surface area contributed by atoms with E-state index in [1.807, 2.05) is 6.07 Å². The molecule has 0 bridgehead atoms. The summed E-state index contributed by atoms with van der Waals surface area (Å²) < 4.78 is 4.96. The van der Waals surface area contributed by atoms with E-state index >= 15 is 0 Å². The molecule has 0 fully saturated rings. The molecule has 6 heteroatoms. The Balaban J connectivity index is 2.25. The van der Waals surface area contributed by atoms with Crippen molar-refractivity contribution in [2.24, 2.45) is 0 Å². The molecule has 2 rings (SSSR count). The maximum absolute atomic E-state index is 11.8. The number of hydrogen-bond donors (Lipinski definition) is 0. The van der Waals surface area contributed by atoms with Crippen LogP contribution in [0.15, 0.2) is 30.6 Å². The predicted octanol–water partition coefficient (Wildman–Crippen LogP) is 3.55. The zero-order valence-corrected chi connectivity index (χ0v) is 12.3. The van der Waals surface area contributed by atoms with E-state index in [1.54, 1.807) is 25.1 Å². The molecular formula is C14H12Cl2N2O2. The van der Waals surface area contributed by atoms with E-state index in [0.717, 1.165) is 11.3 Å². The highest BCUT2D eigenvalue weighted by atomic mass is 35.5. The Kier molecular flexibility index (Phi) is 4.93. The van der Waals surface area contributed by atoms with Gasteiger partial charge in [-0.25, -0.2) is 14.8 Å². The summed E-state index contributed by atoms with van der Waals surface area (Å²) in [5.41, 5.74) is 2.01. The molecule has 0 atom stereocenters. The molecule has 0 amide bonds. The van der Waals surface area contributed by atoms with Crippen molar-refractivity contribution in [1.82, 2.24) is 9.97 Å². The van der Waals surface area contributed by atoms with Gasteiger partial charge in [-0.1, -0.05) is 29.3 Å². The lowest BCUT2D eigenvalue weighted by Gasteiger charge is -2.07. The first-order valence-electron chi connectivity index (χ1n) is 6.02. The van der Waals surface area contributed by atoms with Crippen LogP contribution in [0.4, 0.5) is 0 Å². The normalized spacial score (nSPS) is 10.3.